The fraction of sp³-hybridized carbons (Fsp3) is 0.400. The molecule has 0 radical (unpaired) electrons. The zero-order chi connectivity index (χ0) is 13.5. The second kappa shape index (κ2) is 4.38. The van der Waals surface area contributed by atoms with Crippen LogP contribution in [0.1, 0.15) is 18.4 Å². The fourth-order valence-corrected chi connectivity index (χ4v) is 2.34. The minimum atomic E-state index is -0.576. The SMILES string of the molecule is CN(CCc1coc2ccccc12)C(=O)C1(N)CC1. The molecule has 0 bridgehead atoms. The third kappa shape index (κ3) is 2.24. The van der Waals surface area contributed by atoms with Crippen LogP contribution in [0.2, 0.25) is 0 Å². The van der Waals surface area contributed by atoms with Crippen molar-refractivity contribution < 1.29 is 9.21 Å². The Balaban J connectivity index is 1.67. The van der Waals surface area contributed by atoms with E-state index in [2.05, 4.69) is 0 Å². The van der Waals surface area contributed by atoms with Gasteiger partial charge in [0.25, 0.3) is 0 Å². The van der Waals surface area contributed by atoms with Gasteiger partial charge in [-0.15, -0.1) is 0 Å². The summed E-state index contributed by atoms with van der Waals surface area (Å²) < 4.78 is 5.49. The summed E-state index contributed by atoms with van der Waals surface area (Å²) in [6.07, 6.45) is 4.18. The number of para-hydroxylation sites is 1. The number of benzene rings is 1. The molecule has 1 aromatic heterocycles. The first kappa shape index (κ1) is 12.2. The minimum absolute atomic E-state index is 0.0558. The van der Waals surface area contributed by atoms with Gasteiger partial charge in [0.05, 0.1) is 11.8 Å². The average Bonchev–Trinajstić information content (AvgIpc) is 3.04. The molecule has 4 heteroatoms. The summed E-state index contributed by atoms with van der Waals surface area (Å²) in [6.45, 7) is 0.668. The van der Waals surface area contributed by atoms with E-state index in [9.17, 15) is 4.79 Å². The van der Waals surface area contributed by atoms with Crippen LogP contribution in [0.25, 0.3) is 11.0 Å². The van der Waals surface area contributed by atoms with Crippen molar-refractivity contribution in [1.29, 1.82) is 0 Å². The number of amides is 1. The van der Waals surface area contributed by atoms with Crippen LogP contribution in [0.3, 0.4) is 0 Å². The standard InChI is InChI=1S/C15H18N2O2/c1-17(14(18)15(16)7-8-15)9-6-11-10-19-13-5-3-2-4-12(11)13/h2-5,10H,6-9,16H2,1H3. The highest BCUT2D eigenvalue weighted by Crippen LogP contribution is 2.33. The van der Waals surface area contributed by atoms with Crippen LogP contribution in [0.5, 0.6) is 0 Å². The van der Waals surface area contributed by atoms with Crippen molar-refractivity contribution in [3.05, 3.63) is 36.1 Å². The van der Waals surface area contributed by atoms with E-state index in [1.165, 1.54) is 0 Å². The maximum atomic E-state index is 12.0. The van der Waals surface area contributed by atoms with E-state index in [0.717, 1.165) is 35.8 Å². The van der Waals surface area contributed by atoms with Gasteiger partial charge in [-0.2, -0.15) is 0 Å². The number of nitrogens with zero attached hydrogens (tertiary/aromatic N) is 1. The van der Waals surface area contributed by atoms with Crippen molar-refractivity contribution in [1.82, 2.24) is 4.90 Å². The van der Waals surface area contributed by atoms with E-state index in [1.54, 1.807) is 11.2 Å². The van der Waals surface area contributed by atoms with Gasteiger partial charge in [-0.3, -0.25) is 4.79 Å². The second-order valence-electron chi connectivity index (χ2n) is 5.39. The first-order valence-electron chi connectivity index (χ1n) is 6.60. The lowest BCUT2D eigenvalue weighted by Crippen LogP contribution is -2.44. The van der Waals surface area contributed by atoms with Gasteiger partial charge in [-0.25, -0.2) is 0 Å². The molecule has 0 unspecified atom stereocenters. The topological polar surface area (TPSA) is 59.5 Å². The molecule has 1 aliphatic rings. The zero-order valence-electron chi connectivity index (χ0n) is 11.1. The summed E-state index contributed by atoms with van der Waals surface area (Å²) in [4.78, 5) is 13.8. The molecule has 4 nitrogen and oxygen atoms in total. The highest BCUT2D eigenvalue weighted by atomic mass is 16.3. The van der Waals surface area contributed by atoms with Gasteiger partial charge < -0.3 is 15.1 Å². The highest BCUT2D eigenvalue weighted by molar-refractivity contribution is 5.89. The van der Waals surface area contributed by atoms with Gasteiger partial charge in [0, 0.05) is 19.0 Å². The Labute approximate surface area is 112 Å². The molecule has 1 aromatic carbocycles. The smallest absolute Gasteiger partial charge is 0.242 e. The summed E-state index contributed by atoms with van der Waals surface area (Å²) in [5.41, 5.74) is 7.37. The van der Waals surface area contributed by atoms with Crippen LogP contribution in [-0.2, 0) is 11.2 Å². The van der Waals surface area contributed by atoms with E-state index in [1.807, 2.05) is 31.3 Å². The van der Waals surface area contributed by atoms with E-state index in [0.29, 0.717) is 6.54 Å². The lowest BCUT2D eigenvalue weighted by atomic mass is 10.1. The number of carbonyl (C=O) groups is 1. The van der Waals surface area contributed by atoms with Crippen molar-refractivity contribution in [3.8, 4) is 0 Å². The van der Waals surface area contributed by atoms with Gasteiger partial charge in [-0.05, 0) is 30.9 Å². The van der Waals surface area contributed by atoms with Crippen molar-refractivity contribution in [2.24, 2.45) is 5.73 Å². The Morgan fingerprint density at radius 2 is 2.16 bits per heavy atom. The Hall–Kier alpha value is -1.81. The first-order chi connectivity index (χ1) is 9.10. The molecule has 2 N–H and O–H groups in total. The van der Waals surface area contributed by atoms with Gasteiger partial charge in [-0.1, -0.05) is 18.2 Å². The number of rotatable bonds is 4. The monoisotopic (exact) mass is 258 g/mol. The molecular weight excluding hydrogens is 240 g/mol. The Morgan fingerprint density at radius 1 is 1.42 bits per heavy atom. The average molecular weight is 258 g/mol. The molecule has 1 fully saturated rings. The van der Waals surface area contributed by atoms with Crippen LogP contribution < -0.4 is 5.73 Å². The molecule has 0 atom stereocenters. The summed E-state index contributed by atoms with van der Waals surface area (Å²) in [6, 6.07) is 7.94. The second-order valence-corrected chi connectivity index (χ2v) is 5.39. The highest BCUT2D eigenvalue weighted by Gasteiger charge is 2.47. The van der Waals surface area contributed by atoms with Crippen molar-refractivity contribution in [2.45, 2.75) is 24.8 Å². The van der Waals surface area contributed by atoms with Crippen LogP contribution in [-0.4, -0.2) is 29.9 Å². The van der Waals surface area contributed by atoms with E-state index in [4.69, 9.17) is 10.2 Å². The molecular formula is C15H18N2O2. The maximum Gasteiger partial charge on any atom is 0.242 e. The van der Waals surface area contributed by atoms with Gasteiger partial charge >= 0.3 is 0 Å². The Kier molecular flexibility index (Phi) is 2.82. The molecule has 19 heavy (non-hydrogen) atoms. The van der Waals surface area contributed by atoms with Crippen molar-refractivity contribution in [2.75, 3.05) is 13.6 Å². The Morgan fingerprint density at radius 3 is 2.89 bits per heavy atom. The number of fused-ring (bicyclic) bond motifs is 1. The van der Waals surface area contributed by atoms with Crippen molar-refractivity contribution in [3.63, 3.8) is 0 Å². The van der Waals surface area contributed by atoms with E-state index in [-0.39, 0.29) is 5.91 Å². The molecule has 1 aliphatic carbocycles. The fourth-order valence-electron chi connectivity index (χ4n) is 2.34. The third-order valence-electron chi connectivity index (χ3n) is 3.84. The van der Waals surface area contributed by atoms with Crippen LogP contribution in [0.15, 0.2) is 34.9 Å². The van der Waals surface area contributed by atoms with Gasteiger partial charge in [0.2, 0.25) is 5.91 Å². The normalized spacial score (nSPS) is 16.5. The predicted molar refractivity (Wildman–Crippen MR) is 73.7 cm³/mol. The molecule has 0 aliphatic heterocycles. The Bertz CT molecular complexity index is 613. The first-order valence-corrected chi connectivity index (χ1v) is 6.60. The largest absolute Gasteiger partial charge is 0.464 e. The number of hydrogen-bond acceptors (Lipinski definition) is 3. The number of carbonyl (C=O) groups excluding carboxylic acids is 1. The van der Waals surface area contributed by atoms with Gasteiger partial charge in [0.1, 0.15) is 5.58 Å². The minimum Gasteiger partial charge on any atom is -0.464 e. The molecule has 3 rings (SSSR count). The molecule has 0 spiro atoms. The van der Waals surface area contributed by atoms with Gasteiger partial charge in [0.15, 0.2) is 0 Å². The molecule has 1 saturated carbocycles. The summed E-state index contributed by atoms with van der Waals surface area (Å²) in [5.74, 6) is 0.0558. The lowest BCUT2D eigenvalue weighted by Gasteiger charge is -2.20. The lowest BCUT2D eigenvalue weighted by molar-refractivity contribution is -0.132. The van der Waals surface area contributed by atoms with Crippen molar-refractivity contribution >= 4 is 16.9 Å². The molecule has 1 amide bonds. The predicted octanol–water partition coefficient (Wildman–Crippen LogP) is 1.92. The summed E-state index contributed by atoms with van der Waals surface area (Å²) in [5, 5.41) is 1.12. The maximum absolute atomic E-state index is 12.0. The van der Waals surface area contributed by atoms with Crippen LogP contribution >= 0.6 is 0 Å². The quantitative estimate of drug-likeness (QED) is 0.911. The summed E-state index contributed by atoms with van der Waals surface area (Å²) in [7, 11) is 1.82. The molecule has 100 valence electrons. The molecule has 2 aromatic rings. The van der Waals surface area contributed by atoms with E-state index >= 15 is 0 Å². The van der Waals surface area contributed by atoms with Crippen LogP contribution in [0.4, 0.5) is 0 Å². The molecule has 0 saturated heterocycles. The number of nitrogens with two attached hydrogens (primary N) is 1. The van der Waals surface area contributed by atoms with Crippen LogP contribution in [0, 0.1) is 0 Å². The van der Waals surface area contributed by atoms with E-state index < -0.39 is 5.54 Å². The third-order valence-corrected chi connectivity index (χ3v) is 3.84. The molecule has 1 heterocycles. The zero-order valence-corrected chi connectivity index (χ0v) is 11.1. The summed E-state index contributed by atoms with van der Waals surface area (Å²) >= 11 is 0. The number of hydrogen-bond donors (Lipinski definition) is 1. The number of likely N-dealkylation sites (N-methyl/N-ethyl adjacent to an activating group) is 1. The number of furan rings is 1.